The highest BCUT2D eigenvalue weighted by molar-refractivity contribution is 6.32. The van der Waals surface area contributed by atoms with Crippen LogP contribution in [-0.4, -0.2) is 25.6 Å². The first kappa shape index (κ1) is 10.8. The van der Waals surface area contributed by atoms with E-state index in [9.17, 15) is 9.59 Å². The molecule has 84 valence electrons. The van der Waals surface area contributed by atoms with Gasteiger partial charge in [-0.05, 0) is 18.2 Å². The average Bonchev–Trinajstić information content (AvgIpc) is 2.58. The van der Waals surface area contributed by atoms with Gasteiger partial charge in [0.05, 0.1) is 12.1 Å². The van der Waals surface area contributed by atoms with Gasteiger partial charge in [-0.15, -0.1) is 0 Å². The van der Waals surface area contributed by atoms with Crippen molar-refractivity contribution in [1.82, 2.24) is 5.32 Å². The third-order valence-electron chi connectivity index (χ3n) is 2.24. The van der Waals surface area contributed by atoms with Crippen molar-refractivity contribution in [2.75, 3.05) is 18.6 Å². The molecule has 1 saturated heterocycles. The van der Waals surface area contributed by atoms with E-state index in [2.05, 4.69) is 5.32 Å². The van der Waals surface area contributed by atoms with Gasteiger partial charge in [0.25, 0.3) is 0 Å². The lowest BCUT2D eigenvalue weighted by atomic mass is 10.3. The van der Waals surface area contributed by atoms with Gasteiger partial charge in [-0.2, -0.15) is 0 Å². The molecule has 0 unspecified atom stereocenters. The van der Waals surface area contributed by atoms with Crippen molar-refractivity contribution < 1.29 is 14.3 Å². The van der Waals surface area contributed by atoms with Gasteiger partial charge in [-0.3, -0.25) is 15.0 Å². The summed E-state index contributed by atoms with van der Waals surface area (Å²) in [5, 5.41) is 2.58. The molecule has 0 radical (unpaired) electrons. The molecule has 5 nitrogen and oxygen atoms in total. The van der Waals surface area contributed by atoms with Crippen LogP contribution < -0.4 is 15.0 Å². The lowest BCUT2D eigenvalue weighted by Crippen LogP contribution is -2.27. The second kappa shape index (κ2) is 4.02. The number of benzene rings is 1. The topological polar surface area (TPSA) is 58.6 Å². The summed E-state index contributed by atoms with van der Waals surface area (Å²) in [6.07, 6.45) is 0. The fraction of sp³-hybridized carbons (Fsp3) is 0.200. The minimum absolute atomic E-state index is 0.0154. The van der Waals surface area contributed by atoms with Crippen LogP contribution in [0.2, 0.25) is 5.02 Å². The number of ether oxygens (including phenoxy) is 1. The maximum absolute atomic E-state index is 11.4. The predicted octanol–water partition coefficient (Wildman–Crippen LogP) is 1.40. The molecule has 16 heavy (non-hydrogen) atoms. The maximum Gasteiger partial charge on any atom is 0.329 e. The number of rotatable bonds is 2. The number of urea groups is 1. The second-order valence-corrected chi connectivity index (χ2v) is 3.67. The molecular weight excluding hydrogens is 232 g/mol. The number of carbonyl (C=O) groups is 2. The van der Waals surface area contributed by atoms with Crippen LogP contribution in [0.4, 0.5) is 10.5 Å². The number of halogens is 1. The number of carbonyl (C=O) groups excluding carboxylic acids is 2. The standard InChI is InChI=1S/C10H9ClN2O3/c1-16-8-3-2-6(4-7(8)11)13-5-9(14)12-10(13)15/h2-4H,5H2,1H3,(H,12,14,15). The Labute approximate surface area is 96.9 Å². The Kier molecular flexibility index (Phi) is 2.70. The number of imide groups is 1. The van der Waals surface area contributed by atoms with E-state index >= 15 is 0 Å². The SMILES string of the molecule is COc1ccc(N2CC(=O)NC2=O)cc1Cl. The molecule has 0 atom stereocenters. The monoisotopic (exact) mass is 240 g/mol. The minimum Gasteiger partial charge on any atom is -0.495 e. The summed E-state index contributed by atoms with van der Waals surface area (Å²) in [5.74, 6) is 0.202. The Hall–Kier alpha value is -1.75. The average molecular weight is 241 g/mol. The number of hydrogen-bond acceptors (Lipinski definition) is 3. The zero-order valence-electron chi connectivity index (χ0n) is 8.49. The number of methoxy groups -OCH3 is 1. The van der Waals surface area contributed by atoms with E-state index in [0.29, 0.717) is 16.5 Å². The van der Waals surface area contributed by atoms with Crippen LogP contribution in [-0.2, 0) is 4.79 Å². The van der Waals surface area contributed by atoms with Crippen LogP contribution in [0.1, 0.15) is 0 Å². The minimum atomic E-state index is -0.439. The van der Waals surface area contributed by atoms with E-state index in [1.807, 2.05) is 0 Å². The predicted molar refractivity (Wildman–Crippen MR) is 58.9 cm³/mol. The van der Waals surface area contributed by atoms with E-state index in [1.54, 1.807) is 18.2 Å². The molecule has 1 aromatic rings. The maximum atomic E-state index is 11.4. The second-order valence-electron chi connectivity index (χ2n) is 3.26. The van der Waals surface area contributed by atoms with Gasteiger partial charge < -0.3 is 4.74 Å². The molecule has 0 aromatic heterocycles. The summed E-state index contributed by atoms with van der Waals surface area (Å²) in [6, 6.07) is 4.46. The van der Waals surface area contributed by atoms with Crippen molar-refractivity contribution >= 4 is 29.2 Å². The lowest BCUT2D eigenvalue weighted by Gasteiger charge is -2.14. The molecule has 2 rings (SSSR count). The van der Waals surface area contributed by atoms with Gasteiger partial charge in [0.15, 0.2) is 0 Å². The van der Waals surface area contributed by atoms with E-state index in [1.165, 1.54) is 12.0 Å². The van der Waals surface area contributed by atoms with Crippen LogP contribution in [0, 0.1) is 0 Å². The van der Waals surface area contributed by atoms with Crippen molar-refractivity contribution in [3.05, 3.63) is 23.2 Å². The third-order valence-corrected chi connectivity index (χ3v) is 2.54. The first-order chi connectivity index (χ1) is 7.61. The Morgan fingerprint density at radius 2 is 2.19 bits per heavy atom. The number of anilines is 1. The molecule has 1 aliphatic rings. The van der Waals surface area contributed by atoms with Gasteiger partial charge in [-0.1, -0.05) is 11.6 Å². The Morgan fingerprint density at radius 3 is 2.69 bits per heavy atom. The summed E-state index contributed by atoms with van der Waals surface area (Å²) < 4.78 is 4.99. The molecule has 0 spiro atoms. The van der Waals surface area contributed by atoms with Gasteiger partial charge in [-0.25, -0.2) is 4.79 Å². The quantitative estimate of drug-likeness (QED) is 0.795. The first-order valence-corrected chi connectivity index (χ1v) is 4.94. The molecule has 0 aliphatic carbocycles. The Morgan fingerprint density at radius 1 is 1.44 bits per heavy atom. The van der Waals surface area contributed by atoms with Crippen molar-refractivity contribution in [3.8, 4) is 5.75 Å². The molecule has 3 amide bonds. The largest absolute Gasteiger partial charge is 0.495 e. The van der Waals surface area contributed by atoms with E-state index in [0.717, 1.165) is 0 Å². The molecule has 0 saturated carbocycles. The van der Waals surface area contributed by atoms with Gasteiger partial charge in [0.2, 0.25) is 5.91 Å². The van der Waals surface area contributed by atoms with Crippen molar-refractivity contribution in [1.29, 1.82) is 0 Å². The summed E-state index contributed by atoms with van der Waals surface area (Å²) in [4.78, 5) is 23.7. The highest BCUT2D eigenvalue weighted by Gasteiger charge is 2.28. The lowest BCUT2D eigenvalue weighted by molar-refractivity contribution is -0.117. The van der Waals surface area contributed by atoms with Crippen molar-refractivity contribution in [2.45, 2.75) is 0 Å². The van der Waals surface area contributed by atoms with Crippen molar-refractivity contribution in [3.63, 3.8) is 0 Å². The third kappa shape index (κ3) is 1.81. The fourth-order valence-electron chi connectivity index (χ4n) is 1.47. The normalized spacial score (nSPS) is 15.2. The summed E-state index contributed by atoms with van der Waals surface area (Å²) in [6.45, 7) is 0.0154. The van der Waals surface area contributed by atoms with Crippen LogP contribution in [0.25, 0.3) is 0 Å². The van der Waals surface area contributed by atoms with Crippen LogP contribution in [0.5, 0.6) is 5.75 Å². The molecule has 1 fully saturated rings. The number of nitrogens with zero attached hydrogens (tertiary/aromatic N) is 1. The zero-order valence-corrected chi connectivity index (χ0v) is 9.25. The Bertz CT molecular complexity index is 461. The highest BCUT2D eigenvalue weighted by Crippen LogP contribution is 2.29. The first-order valence-electron chi connectivity index (χ1n) is 4.56. The van der Waals surface area contributed by atoms with Crippen molar-refractivity contribution in [2.24, 2.45) is 0 Å². The molecule has 1 aliphatic heterocycles. The Balaban J connectivity index is 2.31. The number of hydrogen-bond donors (Lipinski definition) is 1. The molecule has 1 N–H and O–H groups in total. The van der Waals surface area contributed by atoms with Gasteiger partial charge in [0, 0.05) is 5.69 Å². The number of amides is 3. The molecule has 6 heteroatoms. The van der Waals surface area contributed by atoms with E-state index < -0.39 is 6.03 Å². The number of nitrogens with one attached hydrogen (secondary N) is 1. The summed E-state index contributed by atoms with van der Waals surface area (Å²) in [5.41, 5.74) is 0.564. The summed E-state index contributed by atoms with van der Waals surface area (Å²) >= 11 is 5.92. The smallest absolute Gasteiger partial charge is 0.329 e. The van der Waals surface area contributed by atoms with Gasteiger partial charge in [0.1, 0.15) is 12.3 Å². The van der Waals surface area contributed by atoms with Crippen LogP contribution >= 0.6 is 11.6 Å². The zero-order chi connectivity index (χ0) is 11.7. The van der Waals surface area contributed by atoms with E-state index in [-0.39, 0.29) is 12.5 Å². The molecule has 1 heterocycles. The van der Waals surface area contributed by atoms with E-state index in [4.69, 9.17) is 16.3 Å². The molecular formula is C10H9ClN2O3. The van der Waals surface area contributed by atoms with Crippen LogP contribution in [0.15, 0.2) is 18.2 Å². The highest BCUT2D eigenvalue weighted by atomic mass is 35.5. The fourth-order valence-corrected chi connectivity index (χ4v) is 1.73. The van der Waals surface area contributed by atoms with Gasteiger partial charge >= 0.3 is 6.03 Å². The molecule has 1 aromatic carbocycles. The van der Waals surface area contributed by atoms with Crippen LogP contribution in [0.3, 0.4) is 0 Å². The molecule has 0 bridgehead atoms. The summed E-state index contributed by atoms with van der Waals surface area (Å²) in [7, 11) is 1.51.